The van der Waals surface area contributed by atoms with Crippen LogP contribution in [-0.2, 0) is 0 Å². The van der Waals surface area contributed by atoms with Crippen LogP contribution >= 0.6 is 0 Å². The lowest BCUT2D eigenvalue weighted by Gasteiger charge is -2.15. The van der Waals surface area contributed by atoms with E-state index in [0.717, 1.165) is 45.0 Å². The summed E-state index contributed by atoms with van der Waals surface area (Å²) in [6, 6.07) is 49.3. The number of hydrogen-bond acceptors (Lipinski definition) is 1. The van der Waals surface area contributed by atoms with Gasteiger partial charge in [-0.25, -0.2) is 0 Å². The second-order valence-electron chi connectivity index (χ2n) is 9.72. The van der Waals surface area contributed by atoms with Crippen LogP contribution in [0.2, 0.25) is 0 Å². The lowest BCUT2D eigenvalue weighted by molar-refractivity contribution is 0.490. The van der Waals surface area contributed by atoms with Crippen LogP contribution in [0.3, 0.4) is 0 Å². The molecule has 6 aromatic carbocycles. The smallest absolute Gasteiger partial charge is 0.143 e. The zero-order chi connectivity index (χ0) is 25.1. The van der Waals surface area contributed by atoms with Gasteiger partial charge in [0, 0.05) is 33.2 Å². The Bertz CT molecular complexity index is 1980. The molecule has 0 fully saturated rings. The summed E-state index contributed by atoms with van der Waals surface area (Å²) in [5.74, 6) is 1.76. The molecular weight excluding hydrogens is 462 g/mol. The second kappa shape index (κ2) is 8.22. The first kappa shape index (κ1) is 21.0. The zero-order valence-corrected chi connectivity index (χ0v) is 20.6. The Morgan fingerprint density at radius 1 is 0.447 bits per heavy atom. The molecule has 38 heavy (non-hydrogen) atoms. The van der Waals surface area contributed by atoms with E-state index in [-0.39, 0.29) is 0 Å². The van der Waals surface area contributed by atoms with Crippen LogP contribution in [-0.4, -0.2) is 4.57 Å². The van der Waals surface area contributed by atoms with Crippen LogP contribution in [0.25, 0.3) is 60.9 Å². The number of nitrogens with zero attached hydrogens (tertiary/aromatic N) is 1. The van der Waals surface area contributed by atoms with E-state index in [1.165, 1.54) is 27.4 Å². The van der Waals surface area contributed by atoms with Gasteiger partial charge < -0.3 is 9.30 Å². The van der Waals surface area contributed by atoms with Crippen LogP contribution in [0.15, 0.2) is 140 Å². The van der Waals surface area contributed by atoms with Gasteiger partial charge in [-0.2, -0.15) is 0 Å². The third-order valence-electron chi connectivity index (χ3n) is 7.61. The van der Waals surface area contributed by atoms with Crippen molar-refractivity contribution in [3.8, 4) is 50.6 Å². The molecule has 2 heteroatoms. The number of hydrogen-bond donors (Lipinski definition) is 0. The van der Waals surface area contributed by atoms with Gasteiger partial charge in [0.05, 0.1) is 11.0 Å². The normalized spacial score (nSPS) is 11.9. The summed E-state index contributed by atoms with van der Waals surface area (Å²) in [6.45, 7) is 0. The number of ether oxygens (including phenoxy) is 1. The van der Waals surface area contributed by atoms with Gasteiger partial charge in [0.1, 0.15) is 11.5 Å². The average molecular weight is 486 g/mol. The molecule has 7 aromatic rings. The van der Waals surface area contributed by atoms with E-state index in [2.05, 4.69) is 144 Å². The Labute approximate surface area is 221 Å². The minimum absolute atomic E-state index is 0.868. The first-order valence-corrected chi connectivity index (χ1v) is 13.0. The van der Waals surface area contributed by atoms with Crippen LogP contribution < -0.4 is 4.74 Å². The molecule has 1 aliphatic heterocycles. The van der Waals surface area contributed by atoms with Crippen molar-refractivity contribution >= 4 is 21.8 Å². The number of aromatic nitrogens is 1. The van der Waals surface area contributed by atoms with Gasteiger partial charge in [0.2, 0.25) is 0 Å². The average Bonchev–Trinajstić information content (AvgIpc) is 3.24. The molecule has 1 aromatic heterocycles. The molecule has 0 atom stereocenters. The predicted molar refractivity (Wildman–Crippen MR) is 157 cm³/mol. The van der Waals surface area contributed by atoms with Crippen molar-refractivity contribution in [3.63, 3.8) is 0 Å². The van der Waals surface area contributed by atoms with Crippen LogP contribution in [0, 0.1) is 0 Å². The van der Waals surface area contributed by atoms with Gasteiger partial charge in [0.25, 0.3) is 0 Å². The van der Waals surface area contributed by atoms with Gasteiger partial charge in [-0.1, -0.05) is 109 Å². The minimum atomic E-state index is 0.868. The predicted octanol–water partition coefficient (Wildman–Crippen LogP) is 9.89. The molecule has 2 heterocycles. The summed E-state index contributed by atoms with van der Waals surface area (Å²) >= 11 is 0. The van der Waals surface area contributed by atoms with Crippen molar-refractivity contribution < 1.29 is 4.74 Å². The van der Waals surface area contributed by atoms with Crippen molar-refractivity contribution in [3.05, 3.63) is 140 Å². The van der Waals surface area contributed by atoms with Crippen molar-refractivity contribution in [2.75, 3.05) is 0 Å². The monoisotopic (exact) mass is 485 g/mol. The van der Waals surface area contributed by atoms with Gasteiger partial charge in [-0.3, -0.25) is 0 Å². The molecule has 178 valence electrons. The van der Waals surface area contributed by atoms with Crippen LogP contribution in [0.1, 0.15) is 0 Å². The number of rotatable bonds is 2. The highest BCUT2D eigenvalue weighted by Crippen LogP contribution is 2.53. The van der Waals surface area contributed by atoms with Gasteiger partial charge in [0.15, 0.2) is 0 Å². The third-order valence-corrected chi connectivity index (χ3v) is 7.61. The fraction of sp³-hybridized carbons (Fsp3) is 0. The molecule has 1 aliphatic rings. The Hall–Kier alpha value is -5.08. The third kappa shape index (κ3) is 3.01. The van der Waals surface area contributed by atoms with Gasteiger partial charge in [-0.15, -0.1) is 0 Å². The summed E-state index contributed by atoms with van der Waals surface area (Å²) in [5, 5.41) is 2.45. The Morgan fingerprint density at radius 2 is 1.11 bits per heavy atom. The molecule has 0 radical (unpaired) electrons. The Balaban J connectivity index is 1.53. The van der Waals surface area contributed by atoms with E-state index < -0.39 is 0 Å². The summed E-state index contributed by atoms with van der Waals surface area (Å²) < 4.78 is 9.34. The minimum Gasteiger partial charge on any atom is -0.455 e. The SMILES string of the molecule is c1ccc(-c2cccc3c2Oc2ccc4c5ccccc5n(-c5ccccc5)c4c2-c2ccccc2-3)cc1. The highest BCUT2D eigenvalue weighted by atomic mass is 16.5. The molecule has 0 amide bonds. The number of para-hydroxylation sites is 3. The van der Waals surface area contributed by atoms with E-state index >= 15 is 0 Å². The second-order valence-corrected chi connectivity index (χ2v) is 9.72. The Morgan fingerprint density at radius 3 is 1.95 bits per heavy atom. The first-order valence-electron chi connectivity index (χ1n) is 13.0. The standard InChI is InChI=1S/C36H23NO/c1-3-12-24(13-4-1)26-19-11-20-31-27-16-7-8-18-29(27)34-33(38-36(26)31)23-22-30-28-17-9-10-21-32(28)37(35(30)34)25-14-5-2-6-15-25/h1-23H. The summed E-state index contributed by atoms with van der Waals surface area (Å²) in [6.07, 6.45) is 0. The molecule has 0 bridgehead atoms. The Kier molecular flexibility index (Phi) is 4.55. The first-order chi connectivity index (χ1) is 18.9. The molecular formula is C36H23NO. The van der Waals surface area contributed by atoms with Crippen LogP contribution in [0.5, 0.6) is 11.5 Å². The van der Waals surface area contributed by atoms with E-state index in [1.807, 2.05) is 0 Å². The summed E-state index contributed by atoms with van der Waals surface area (Å²) in [7, 11) is 0. The lowest BCUT2D eigenvalue weighted by atomic mass is 9.91. The van der Waals surface area contributed by atoms with Crippen LogP contribution in [0.4, 0.5) is 0 Å². The van der Waals surface area contributed by atoms with E-state index in [4.69, 9.17) is 4.74 Å². The fourth-order valence-electron chi connectivity index (χ4n) is 5.98. The van der Waals surface area contributed by atoms with Crippen molar-refractivity contribution in [1.29, 1.82) is 0 Å². The number of benzene rings is 6. The quantitative estimate of drug-likeness (QED) is 0.238. The van der Waals surface area contributed by atoms with Crippen molar-refractivity contribution in [2.24, 2.45) is 0 Å². The number of fused-ring (bicyclic) bond motifs is 9. The molecule has 0 saturated heterocycles. The summed E-state index contributed by atoms with van der Waals surface area (Å²) in [4.78, 5) is 0. The molecule has 8 rings (SSSR count). The topological polar surface area (TPSA) is 14.2 Å². The molecule has 0 saturated carbocycles. The maximum atomic E-state index is 6.95. The molecule has 0 N–H and O–H groups in total. The van der Waals surface area contributed by atoms with Crippen molar-refractivity contribution in [2.45, 2.75) is 0 Å². The maximum absolute atomic E-state index is 6.95. The van der Waals surface area contributed by atoms with Gasteiger partial charge >= 0.3 is 0 Å². The largest absolute Gasteiger partial charge is 0.455 e. The molecule has 0 unspecified atom stereocenters. The van der Waals surface area contributed by atoms with Gasteiger partial charge in [-0.05, 0) is 47.0 Å². The highest BCUT2D eigenvalue weighted by molar-refractivity contribution is 6.16. The molecule has 0 spiro atoms. The summed E-state index contributed by atoms with van der Waals surface area (Å²) in [5.41, 5.74) is 10.3. The zero-order valence-electron chi connectivity index (χ0n) is 20.6. The van der Waals surface area contributed by atoms with E-state index in [9.17, 15) is 0 Å². The molecule has 2 nitrogen and oxygen atoms in total. The van der Waals surface area contributed by atoms with Crippen molar-refractivity contribution in [1.82, 2.24) is 4.57 Å². The van der Waals surface area contributed by atoms with E-state index in [0.29, 0.717) is 0 Å². The lowest BCUT2D eigenvalue weighted by Crippen LogP contribution is -1.96. The molecule has 0 aliphatic carbocycles. The fourth-order valence-corrected chi connectivity index (χ4v) is 5.98. The highest BCUT2D eigenvalue weighted by Gasteiger charge is 2.27. The van der Waals surface area contributed by atoms with E-state index in [1.54, 1.807) is 0 Å². The maximum Gasteiger partial charge on any atom is 0.143 e.